The molecule has 1 amide bonds. The number of ether oxygens (including phenoxy) is 2. The van der Waals surface area contributed by atoms with E-state index in [1.165, 1.54) is 42.5 Å². The van der Waals surface area contributed by atoms with Gasteiger partial charge in [0.15, 0.2) is 6.10 Å². The zero-order valence-electron chi connectivity index (χ0n) is 18.5. The second-order valence-corrected chi connectivity index (χ2v) is 8.84. The van der Waals surface area contributed by atoms with Crippen molar-refractivity contribution >= 4 is 27.3 Å². The molecule has 0 fully saturated rings. The minimum Gasteiger partial charge on any atom is -0.492 e. The molecule has 0 aliphatic carbocycles. The lowest BCUT2D eigenvalue weighted by Gasteiger charge is -2.16. The van der Waals surface area contributed by atoms with Crippen molar-refractivity contribution < 1.29 is 45.4 Å². The summed E-state index contributed by atoms with van der Waals surface area (Å²) in [6, 6.07) is 12.9. The van der Waals surface area contributed by atoms with Gasteiger partial charge in [0.1, 0.15) is 22.2 Å². The molecule has 192 valence electrons. The van der Waals surface area contributed by atoms with E-state index in [0.29, 0.717) is 0 Å². The molecule has 3 aromatic carbocycles. The summed E-state index contributed by atoms with van der Waals surface area (Å²) in [7, 11) is -4.36. The van der Waals surface area contributed by atoms with Crippen LogP contribution in [0.1, 0.15) is 18.6 Å². The first kappa shape index (κ1) is 26.8. The Balaban J connectivity index is 1.83. The molecule has 13 heteroatoms. The van der Waals surface area contributed by atoms with Crippen LogP contribution in [0.5, 0.6) is 11.5 Å². The van der Waals surface area contributed by atoms with Crippen LogP contribution in [-0.2, 0) is 14.8 Å². The van der Waals surface area contributed by atoms with E-state index in [1.54, 1.807) is 6.92 Å². The Bertz CT molecular complexity index is 1350. The highest BCUT2D eigenvalue weighted by Gasteiger charge is 2.31. The minimum absolute atomic E-state index is 0.0344. The molecule has 3 N–H and O–H groups in total. The number of alkyl halides is 3. The van der Waals surface area contributed by atoms with Gasteiger partial charge in [0, 0.05) is 23.4 Å². The van der Waals surface area contributed by atoms with Gasteiger partial charge in [-0.25, -0.2) is 12.8 Å². The predicted octanol–water partition coefficient (Wildman–Crippen LogP) is 4.60. The van der Waals surface area contributed by atoms with Crippen LogP contribution in [0.15, 0.2) is 71.6 Å². The topological polar surface area (TPSA) is 114 Å². The molecule has 0 aliphatic rings. The number of nitrogens with one attached hydrogen (secondary N) is 2. The van der Waals surface area contributed by atoms with Crippen LogP contribution >= 0.6 is 0 Å². The number of amides is 1. The van der Waals surface area contributed by atoms with E-state index >= 15 is 0 Å². The minimum atomic E-state index is -4.96. The lowest BCUT2D eigenvalue weighted by atomic mass is 10.1. The smallest absolute Gasteiger partial charge is 0.492 e. The molecule has 0 aromatic heterocycles. The number of carbonyl (C=O) groups is 1. The number of rotatable bonds is 9. The summed E-state index contributed by atoms with van der Waals surface area (Å²) in [5.41, 5.74) is -0.414. The third kappa shape index (κ3) is 6.86. The second kappa shape index (κ2) is 10.8. The van der Waals surface area contributed by atoms with Crippen LogP contribution in [0.4, 0.5) is 28.9 Å². The van der Waals surface area contributed by atoms with Crippen molar-refractivity contribution in [2.45, 2.75) is 24.3 Å². The lowest BCUT2D eigenvalue weighted by Crippen LogP contribution is -2.22. The van der Waals surface area contributed by atoms with Gasteiger partial charge in [0.05, 0.1) is 12.3 Å². The number of benzene rings is 3. The molecule has 3 rings (SSSR count). The van der Waals surface area contributed by atoms with Crippen molar-refractivity contribution in [3.05, 3.63) is 78.1 Å². The van der Waals surface area contributed by atoms with E-state index in [9.17, 15) is 35.9 Å². The SMILES string of the molecule is CCOc1cc(NC(=O)[C@@H](O)c2ccccc2F)ccc1S(=O)(=O)Nc1cccc(OC(F)(F)F)c1. The van der Waals surface area contributed by atoms with Crippen molar-refractivity contribution in [3.8, 4) is 11.5 Å². The summed E-state index contributed by atoms with van der Waals surface area (Å²) in [6.45, 7) is 1.61. The van der Waals surface area contributed by atoms with Gasteiger partial charge in [-0.2, -0.15) is 0 Å². The monoisotopic (exact) mass is 528 g/mol. The molecule has 0 spiro atoms. The molecule has 0 saturated heterocycles. The standard InChI is InChI=1S/C23H20F4N2O6S/c1-2-34-19-13-14(28-22(31)21(30)17-8-3-4-9-18(17)24)10-11-20(19)36(32,33)29-15-6-5-7-16(12-15)35-23(25,26)27/h3-13,21,29-30H,2H2,1H3,(H,28,31)/t21-/m0/s1. The quantitative estimate of drug-likeness (QED) is 0.350. The number of halogens is 4. The van der Waals surface area contributed by atoms with E-state index in [-0.39, 0.29) is 34.2 Å². The Labute approximate surface area is 203 Å². The molecular weight excluding hydrogens is 508 g/mol. The summed E-state index contributed by atoms with van der Waals surface area (Å²) in [5, 5.41) is 12.5. The number of hydrogen-bond acceptors (Lipinski definition) is 6. The van der Waals surface area contributed by atoms with Crippen molar-refractivity contribution in [3.63, 3.8) is 0 Å². The van der Waals surface area contributed by atoms with E-state index in [1.807, 2.05) is 0 Å². The maximum Gasteiger partial charge on any atom is 0.573 e. The Morgan fingerprint density at radius 3 is 2.42 bits per heavy atom. The molecule has 1 atom stereocenters. The van der Waals surface area contributed by atoms with Crippen LogP contribution in [0, 0.1) is 5.82 Å². The third-order valence-electron chi connectivity index (χ3n) is 4.57. The van der Waals surface area contributed by atoms with E-state index in [2.05, 4.69) is 14.8 Å². The molecule has 0 radical (unpaired) electrons. The van der Waals surface area contributed by atoms with Crippen LogP contribution in [0.25, 0.3) is 0 Å². The van der Waals surface area contributed by atoms with Crippen molar-refractivity contribution in [2.24, 2.45) is 0 Å². The largest absolute Gasteiger partial charge is 0.573 e. The first-order chi connectivity index (χ1) is 16.9. The first-order valence-electron chi connectivity index (χ1n) is 10.3. The van der Waals surface area contributed by atoms with Crippen LogP contribution in [0.3, 0.4) is 0 Å². The summed E-state index contributed by atoms with van der Waals surface area (Å²) in [6.07, 6.45) is -6.79. The molecule has 0 aliphatic heterocycles. The number of hydrogen-bond donors (Lipinski definition) is 3. The second-order valence-electron chi connectivity index (χ2n) is 7.19. The maximum absolute atomic E-state index is 13.9. The van der Waals surface area contributed by atoms with Gasteiger partial charge in [-0.1, -0.05) is 24.3 Å². The Morgan fingerprint density at radius 2 is 1.75 bits per heavy atom. The number of anilines is 2. The fraction of sp³-hybridized carbons (Fsp3) is 0.174. The average molecular weight is 528 g/mol. The van der Waals surface area contributed by atoms with Crippen LogP contribution in [-0.4, -0.2) is 32.4 Å². The number of aliphatic hydroxyl groups excluding tert-OH is 1. The molecule has 0 bridgehead atoms. The van der Waals surface area contributed by atoms with Crippen molar-refractivity contribution in [2.75, 3.05) is 16.6 Å². The van der Waals surface area contributed by atoms with Crippen LogP contribution < -0.4 is 19.5 Å². The Kier molecular flexibility index (Phi) is 8.05. The summed E-state index contributed by atoms with van der Waals surface area (Å²) in [4.78, 5) is 12.0. The molecule has 3 aromatic rings. The van der Waals surface area contributed by atoms with E-state index < -0.39 is 40.0 Å². The predicted molar refractivity (Wildman–Crippen MR) is 122 cm³/mol. The summed E-state index contributed by atoms with van der Waals surface area (Å²) in [5.74, 6) is -2.57. The Morgan fingerprint density at radius 1 is 1.03 bits per heavy atom. The van der Waals surface area contributed by atoms with Gasteiger partial charge >= 0.3 is 6.36 Å². The number of sulfonamides is 1. The first-order valence-corrected chi connectivity index (χ1v) is 11.8. The highest BCUT2D eigenvalue weighted by Crippen LogP contribution is 2.31. The van der Waals surface area contributed by atoms with Gasteiger partial charge in [-0.3, -0.25) is 9.52 Å². The van der Waals surface area contributed by atoms with Gasteiger partial charge in [0.25, 0.3) is 15.9 Å². The third-order valence-corrected chi connectivity index (χ3v) is 5.99. The molecule has 8 nitrogen and oxygen atoms in total. The maximum atomic E-state index is 13.9. The number of aliphatic hydroxyl groups is 1. The Hall–Kier alpha value is -3.84. The van der Waals surface area contributed by atoms with Crippen LogP contribution in [0.2, 0.25) is 0 Å². The highest BCUT2D eigenvalue weighted by atomic mass is 32.2. The van der Waals surface area contributed by atoms with Crippen molar-refractivity contribution in [1.29, 1.82) is 0 Å². The molecule has 36 heavy (non-hydrogen) atoms. The molecular formula is C23H20F4N2O6S. The zero-order valence-corrected chi connectivity index (χ0v) is 19.4. The zero-order chi connectivity index (χ0) is 26.5. The summed E-state index contributed by atoms with van der Waals surface area (Å²) >= 11 is 0. The fourth-order valence-corrected chi connectivity index (χ4v) is 4.27. The van der Waals surface area contributed by atoms with E-state index in [0.717, 1.165) is 24.3 Å². The average Bonchev–Trinajstić information content (AvgIpc) is 2.78. The van der Waals surface area contributed by atoms with Gasteiger partial charge in [-0.05, 0) is 37.3 Å². The normalized spacial score (nSPS) is 12.5. The van der Waals surface area contributed by atoms with E-state index in [4.69, 9.17) is 4.74 Å². The fourth-order valence-electron chi connectivity index (χ4n) is 3.09. The molecule has 0 saturated carbocycles. The van der Waals surface area contributed by atoms with Gasteiger partial charge < -0.3 is 19.9 Å². The number of carbonyl (C=O) groups excluding carboxylic acids is 1. The lowest BCUT2D eigenvalue weighted by molar-refractivity contribution is -0.274. The van der Waals surface area contributed by atoms with Gasteiger partial charge in [0.2, 0.25) is 0 Å². The molecule has 0 heterocycles. The van der Waals surface area contributed by atoms with Gasteiger partial charge in [-0.15, -0.1) is 13.2 Å². The highest BCUT2D eigenvalue weighted by molar-refractivity contribution is 7.92. The van der Waals surface area contributed by atoms with Crippen molar-refractivity contribution in [1.82, 2.24) is 0 Å². The summed E-state index contributed by atoms with van der Waals surface area (Å²) < 4.78 is 88.4. The molecule has 0 unspecified atom stereocenters.